The van der Waals surface area contributed by atoms with Crippen molar-refractivity contribution in [1.82, 2.24) is 15.5 Å². The highest BCUT2D eigenvalue weighted by atomic mass is 15.3. The van der Waals surface area contributed by atoms with E-state index >= 15 is 0 Å². The van der Waals surface area contributed by atoms with Gasteiger partial charge in [-0.1, -0.05) is 12.8 Å². The standard InChI is InChI=1S/C15H26N6/c16-14-19-13(7-15(17,20-14)6-10-3-4-10)21-8-11-2-1-5-18-12(11)9-21/h7,10-12,18H,1-6,8-9,17H2,(H3,16,19,20)/t11-,12+,15?/m0/s1. The highest BCUT2D eigenvalue weighted by Crippen LogP contribution is 2.38. The topological polar surface area (TPSA) is 91.7 Å². The van der Waals surface area contributed by atoms with E-state index in [9.17, 15) is 0 Å². The first-order valence-electron chi connectivity index (χ1n) is 8.24. The van der Waals surface area contributed by atoms with Gasteiger partial charge in [0.25, 0.3) is 0 Å². The Labute approximate surface area is 126 Å². The Hall–Kier alpha value is -1.27. The highest BCUT2D eigenvalue weighted by molar-refractivity contribution is 5.81. The summed E-state index contributed by atoms with van der Waals surface area (Å²) < 4.78 is 0. The number of guanidine groups is 1. The number of hydrogen-bond donors (Lipinski definition) is 4. The Balaban J connectivity index is 1.51. The summed E-state index contributed by atoms with van der Waals surface area (Å²) in [6.07, 6.45) is 8.18. The van der Waals surface area contributed by atoms with Gasteiger partial charge in [-0.25, -0.2) is 4.99 Å². The van der Waals surface area contributed by atoms with Crippen LogP contribution in [0.25, 0.3) is 0 Å². The Morgan fingerprint density at radius 3 is 2.95 bits per heavy atom. The van der Waals surface area contributed by atoms with Gasteiger partial charge in [0.15, 0.2) is 5.96 Å². The molecule has 3 fully saturated rings. The third-order valence-corrected chi connectivity index (χ3v) is 5.22. The van der Waals surface area contributed by atoms with E-state index in [-0.39, 0.29) is 0 Å². The van der Waals surface area contributed by atoms with Crippen LogP contribution in [0.15, 0.2) is 16.9 Å². The molecule has 1 saturated carbocycles. The number of nitrogens with one attached hydrogen (secondary N) is 2. The molecular formula is C15H26N6. The summed E-state index contributed by atoms with van der Waals surface area (Å²) in [6, 6.07) is 0.608. The zero-order valence-electron chi connectivity index (χ0n) is 12.5. The van der Waals surface area contributed by atoms with E-state index in [1.807, 2.05) is 0 Å². The average Bonchev–Trinajstić information content (AvgIpc) is 3.12. The van der Waals surface area contributed by atoms with Crippen molar-refractivity contribution in [1.29, 1.82) is 0 Å². The summed E-state index contributed by atoms with van der Waals surface area (Å²) in [6.45, 7) is 3.27. The van der Waals surface area contributed by atoms with E-state index in [0.717, 1.165) is 43.7 Å². The van der Waals surface area contributed by atoms with Crippen molar-refractivity contribution in [3.63, 3.8) is 0 Å². The van der Waals surface area contributed by atoms with Gasteiger partial charge in [0, 0.05) is 19.1 Å². The van der Waals surface area contributed by atoms with E-state index in [1.165, 1.54) is 25.7 Å². The zero-order chi connectivity index (χ0) is 14.4. The molecule has 1 aliphatic carbocycles. The largest absolute Gasteiger partial charge is 0.370 e. The Morgan fingerprint density at radius 1 is 1.33 bits per heavy atom. The predicted molar refractivity (Wildman–Crippen MR) is 83.2 cm³/mol. The maximum Gasteiger partial charge on any atom is 0.196 e. The minimum Gasteiger partial charge on any atom is -0.370 e. The molecular weight excluding hydrogens is 264 g/mol. The number of piperidine rings is 1. The summed E-state index contributed by atoms with van der Waals surface area (Å²) in [5, 5.41) is 6.86. The molecule has 3 heterocycles. The van der Waals surface area contributed by atoms with Gasteiger partial charge in [-0.15, -0.1) is 0 Å². The van der Waals surface area contributed by atoms with Crippen LogP contribution in [0.5, 0.6) is 0 Å². The number of nitrogens with two attached hydrogens (primary N) is 2. The molecule has 2 saturated heterocycles. The number of nitrogens with zero attached hydrogens (tertiary/aromatic N) is 2. The molecule has 3 aliphatic heterocycles. The molecule has 0 bridgehead atoms. The van der Waals surface area contributed by atoms with Crippen molar-refractivity contribution in [2.75, 3.05) is 19.6 Å². The van der Waals surface area contributed by atoms with Crippen LogP contribution in [0.1, 0.15) is 32.1 Å². The van der Waals surface area contributed by atoms with Crippen molar-refractivity contribution in [3.8, 4) is 0 Å². The number of aliphatic imine (C=N–C) groups is 1. The molecule has 116 valence electrons. The van der Waals surface area contributed by atoms with Crippen LogP contribution < -0.4 is 22.1 Å². The van der Waals surface area contributed by atoms with Crippen LogP contribution in [0.2, 0.25) is 0 Å². The third-order valence-electron chi connectivity index (χ3n) is 5.22. The van der Waals surface area contributed by atoms with Gasteiger partial charge < -0.3 is 27.0 Å². The first-order valence-corrected chi connectivity index (χ1v) is 8.24. The SMILES string of the molecule is NC1=NC(N)(CC2CC2)C=C(N2C[C@@H]3CCCN[C@@H]3C2)N1. The van der Waals surface area contributed by atoms with Gasteiger partial charge in [-0.2, -0.15) is 0 Å². The van der Waals surface area contributed by atoms with E-state index in [0.29, 0.717) is 12.0 Å². The molecule has 0 aromatic rings. The van der Waals surface area contributed by atoms with Gasteiger partial charge in [0.1, 0.15) is 11.5 Å². The van der Waals surface area contributed by atoms with Gasteiger partial charge in [-0.3, -0.25) is 0 Å². The molecule has 0 spiro atoms. The monoisotopic (exact) mass is 290 g/mol. The second-order valence-corrected chi connectivity index (χ2v) is 7.16. The van der Waals surface area contributed by atoms with Crippen LogP contribution in [0.3, 0.4) is 0 Å². The molecule has 6 nitrogen and oxygen atoms in total. The lowest BCUT2D eigenvalue weighted by Gasteiger charge is -2.32. The number of fused-ring (bicyclic) bond motifs is 1. The summed E-state index contributed by atoms with van der Waals surface area (Å²) in [5.74, 6) is 2.99. The molecule has 6 heteroatoms. The van der Waals surface area contributed by atoms with Crippen molar-refractivity contribution >= 4 is 5.96 Å². The van der Waals surface area contributed by atoms with Gasteiger partial charge in [0.05, 0.1) is 0 Å². The molecule has 6 N–H and O–H groups in total. The Morgan fingerprint density at radius 2 is 2.19 bits per heavy atom. The minimum absolute atomic E-state index is 0.457. The normalized spacial score (nSPS) is 39.4. The first-order chi connectivity index (χ1) is 10.1. The second kappa shape index (κ2) is 4.88. The van der Waals surface area contributed by atoms with Gasteiger partial charge in [-0.05, 0) is 43.7 Å². The predicted octanol–water partition coefficient (Wildman–Crippen LogP) is -0.115. The number of rotatable bonds is 3. The lowest BCUT2D eigenvalue weighted by molar-refractivity contribution is 0.337. The van der Waals surface area contributed by atoms with E-state index in [2.05, 4.69) is 26.6 Å². The molecule has 0 aromatic heterocycles. The third kappa shape index (κ3) is 2.74. The average molecular weight is 290 g/mol. The fraction of sp³-hybridized carbons (Fsp3) is 0.800. The van der Waals surface area contributed by atoms with Crippen molar-refractivity contribution in [2.24, 2.45) is 28.3 Å². The van der Waals surface area contributed by atoms with Crippen molar-refractivity contribution in [3.05, 3.63) is 11.9 Å². The smallest absolute Gasteiger partial charge is 0.196 e. The molecule has 4 aliphatic rings. The van der Waals surface area contributed by atoms with Crippen LogP contribution in [0, 0.1) is 11.8 Å². The molecule has 1 unspecified atom stereocenters. The molecule has 0 amide bonds. The first kappa shape index (κ1) is 13.4. The van der Waals surface area contributed by atoms with Gasteiger partial charge >= 0.3 is 0 Å². The fourth-order valence-corrected chi connectivity index (χ4v) is 3.99. The van der Waals surface area contributed by atoms with Gasteiger partial charge in [0.2, 0.25) is 0 Å². The van der Waals surface area contributed by atoms with Crippen LogP contribution in [-0.2, 0) is 0 Å². The van der Waals surface area contributed by atoms with E-state index < -0.39 is 5.66 Å². The number of likely N-dealkylation sites (tertiary alicyclic amines) is 1. The van der Waals surface area contributed by atoms with Crippen LogP contribution in [-0.4, -0.2) is 42.2 Å². The lowest BCUT2D eigenvalue weighted by Crippen LogP contribution is -2.50. The zero-order valence-corrected chi connectivity index (χ0v) is 12.5. The summed E-state index contributed by atoms with van der Waals surface area (Å²) in [5.41, 5.74) is 11.8. The van der Waals surface area contributed by atoms with E-state index in [1.54, 1.807) is 0 Å². The lowest BCUT2D eigenvalue weighted by atomic mass is 9.94. The van der Waals surface area contributed by atoms with Crippen molar-refractivity contribution in [2.45, 2.75) is 43.8 Å². The summed E-state index contributed by atoms with van der Waals surface area (Å²) in [7, 11) is 0. The summed E-state index contributed by atoms with van der Waals surface area (Å²) >= 11 is 0. The van der Waals surface area contributed by atoms with Crippen molar-refractivity contribution < 1.29 is 0 Å². The van der Waals surface area contributed by atoms with E-state index in [4.69, 9.17) is 11.5 Å². The molecule has 3 atom stereocenters. The molecule has 0 radical (unpaired) electrons. The quantitative estimate of drug-likeness (QED) is 0.582. The maximum absolute atomic E-state index is 6.47. The second-order valence-electron chi connectivity index (χ2n) is 7.16. The fourth-order valence-electron chi connectivity index (χ4n) is 3.99. The minimum atomic E-state index is -0.618. The molecule has 21 heavy (non-hydrogen) atoms. The Kier molecular flexibility index (Phi) is 3.11. The molecule has 0 aromatic carbocycles. The maximum atomic E-state index is 6.47. The summed E-state index contributed by atoms with van der Waals surface area (Å²) in [4.78, 5) is 6.84. The Bertz CT molecular complexity index is 469. The molecule has 4 rings (SSSR count). The number of hydrogen-bond acceptors (Lipinski definition) is 6. The van der Waals surface area contributed by atoms with Crippen LogP contribution in [0.4, 0.5) is 0 Å². The van der Waals surface area contributed by atoms with Crippen LogP contribution >= 0.6 is 0 Å². The highest BCUT2D eigenvalue weighted by Gasteiger charge is 2.39.